The SMILES string of the molecule is CCCc1cccc(C(CCc2cccnc2)NN)c1. The molecule has 0 saturated heterocycles. The number of hydrazine groups is 1. The number of aromatic nitrogens is 1. The Balaban J connectivity index is 2.02. The number of nitrogens with two attached hydrogens (primary N) is 1. The van der Waals surface area contributed by atoms with Gasteiger partial charge in [0.2, 0.25) is 0 Å². The molecule has 3 nitrogen and oxygen atoms in total. The summed E-state index contributed by atoms with van der Waals surface area (Å²) in [6.45, 7) is 2.20. The first-order chi connectivity index (χ1) is 9.83. The largest absolute Gasteiger partial charge is 0.271 e. The minimum atomic E-state index is 0.187. The van der Waals surface area contributed by atoms with Crippen molar-refractivity contribution in [3.63, 3.8) is 0 Å². The number of nitrogens with zero attached hydrogens (tertiary/aromatic N) is 1. The molecule has 0 amide bonds. The van der Waals surface area contributed by atoms with Crippen LogP contribution < -0.4 is 11.3 Å². The number of benzene rings is 1. The van der Waals surface area contributed by atoms with Gasteiger partial charge in [-0.25, -0.2) is 0 Å². The molecule has 106 valence electrons. The Hall–Kier alpha value is -1.71. The van der Waals surface area contributed by atoms with Gasteiger partial charge in [-0.15, -0.1) is 0 Å². The standard InChI is InChI=1S/C17H23N3/c1-2-5-14-6-3-8-16(12-14)17(20-18)10-9-15-7-4-11-19-13-15/h3-4,6-8,11-13,17,20H,2,5,9-10,18H2,1H3. The van der Waals surface area contributed by atoms with Crippen LogP contribution >= 0.6 is 0 Å². The van der Waals surface area contributed by atoms with Crippen LogP contribution in [0.4, 0.5) is 0 Å². The number of aryl methyl sites for hydroxylation is 2. The fourth-order valence-electron chi connectivity index (χ4n) is 2.46. The van der Waals surface area contributed by atoms with Crippen LogP contribution in [0.15, 0.2) is 48.8 Å². The highest BCUT2D eigenvalue weighted by Gasteiger charge is 2.10. The van der Waals surface area contributed by atoms with Gasteiger partial charge in [-0.05, 0) is 42.0 Å². The van der Waals surface area contributed by atoms with Crippen LogP contribution in [-0.2, 0) is 12.8 Å². The normalized spacial score (nSPS) is 12.3. The predicted octanol–water partition coefficient (Wildman–Crippen LogP) is 3.17. The number of nitrogens with one attached hydrogen (secondary N) is 1. The van der Waals surface area contributed by atoms with Crippen molar-refractivity contribution in [2.45, 2.75) is 38.6 Å². The third kappa shape index (κ3) is 4.15. The van der Waals surface area contributed by atoms with Gasteiger partial charge in [-0.1, -0.05) is 43.7 Å². The van der Waals surface area contributed by atoms with Gasteiger partial charge in [0.05, 0.1) is 0 Å². The maximum absolute atomic E-state index is 5.73. The lowest BCUT2D eigenvalue weighted by molar-refractivity contribution is 0.515. The molecule has 0 fully saturated rings. The van der Waals surface area contributed by atoms with E-state index in [1.807, 2.05) is 12.3 Å². The van der Waals surface area contributed by atoms with E-state index >= 15 is 0 Å². The van der Waals surface area contributed by atoms with E-state index in [1.165, 1.54) is 23.1 Å². The zero-order valence-electron chi connectivity index (χ0n) is 12.0. The Morgan fingerprint density at radius 1 is 1.15 bits per heavy atom. The molecular formula is C17H23N3. The molecule has 20 heavy (non-hydrogen) atoms. The molecule has 0 aliphatic heterocycles. The molecule has 1 atom stereocenters. The van der Waals surface area contributed by atoms with Gasteiger partial charge in [-0.3, -0.25) is 16.3 Å². The van der Waals surface area contributed by atoms with E-state index in [4.69, 9.17) is 5.84 Å². The zero-order valence-corrected chi connectivity index (χ0v) is 12.0. The minimum absolute atomic E-state index is 0.187. The van der Waals surface area contributed by atoms with Gasteiger partial charge in [0, 0.05) is 18.4 Å². The summed E-state index contributed by atoms with van der Waals surface area (Å²) < 4.78 is 0. The molecule has 2 aromatic rings. The van der Waals surface area contributed by atoms with E-state index in [1.54, 1.807) is 6.20 Å². The lowest BCUT2D eigenvalue weighted by Crippen LogP contribution is -2.28. The summed E-state index contributed by atoms with van der Waals surface area (Å²) in [6, 6.07) is 13.0. The third-order valence-corrected chi connectivity index (χ3v) is 3.54. The van der Waals surface area contributed by atoms with Gasteiger partial charge in [0.25, 0.3) is 0 Å². The van der Waals surface area contributed by atoms with Crippen molar-refractivity contribution in [3.05, 3.63) is 65.5 Å². The maximum Gasteiger partial charge on any atom is 0.0463 e. The monoisotopic (exact) mass is 269 g/mol. The summed E-state index contributed by atoms with van der Waals surface area (Å²) in [4.78, 5) is 4.15. The molecule has 1 aromatic carbocycles. The Bertz CT molecular complexity index is 511. The number of hydrogen-bond donors (Lipinski definition) is 2. The Kier molecular flexibility index (Phi) is 5.71. The van der Waals surface area contributed by atoms with Gasteiger partial charge in [0.1, 0.15) is 0 Å². The highest BCUT2D eigenvalue weighted by atomic mass is 15.2. The summed E-state index contributed by atoms with van der Waals surface area (Å²) in [5.74, 6) is 5.73. The lowest BCUT2D eigenvalue weighted by Gasteiger charge is -2.17. The molecule has 0 bridgehead atoms. The van der Waals surface area contributed by atoms with Crippen molar-refractivity contribution in [2.75, 3.05) is 0 Å². The molecule has 3 heteroatoms. The molecule has 0 saturated carbocycles. The first-order valence-electron chi connectivity index (χ1n) is 7.27. The van der Waals surface area contributed by atoms with Crippen LogP contribution in [0.2, 0.25) is 0 Å². The molecule has 1 unspecified atom stereocenters. The van der Waals surface area contributed by atoms with E-state index < -0.39 is 0 Å². The van der Waals surface area contributed by atoms with Gasteiger partial charge in [0.15, 0.2) is 0 Å². The summed E-state index contributed by atoms with van der Waals surface area (Å²) in [5.41, 5.74) is 6.83. The third-order valence-electron chi connectivity index (χ3n) is 3.54. The first kappa shape index (κ1) is 14.7. The molecular weight excluding hydrogens is 246 g/mol. The molecule has 1 aromatic heterocycles. The molecule has 0 spiro atoms. The Morgan fingerprint density at radius 3 is 2.70 bits per heavy atom. The van der Waals surface area contributed by atoms with Crippen LogP contribution in [0.5, 0.6) is 0 Å². The molecule has 0 aliphatic carbocycles. The van der Waals surface area contributed by atoms with E-state index in [0.717, 1.165) is 19.3 Å². The van der Waals surface area contributed by atoms with Gasteiger partial charge in [-0.2, -0.15) is 0 Å². The van der Waals surface area contributed by atoms with Crippen molar-refractivity contribution in [1.82, 2.24) is 10.4 Å². The molecule has 3 N–H and O–H groups in total. The average molecular weight is 269 g/mol. The topological polar surface area (TPSA) is 50.9 Å². The molecule has 0 aliphatic rings. The first-order valence-corrected chi connectivity index (χ1v) is 7.27. The highest BCUT2D eigenvalue weighted by Crippen LogP contribution is 2.20. The van der Waals surface area contributed by atoms with Gasteiger partial charge >= 0.3 is 0 Å². The molecule has 1 heterocycles. The van der Waals surface area contributed by atoms with Crippen LogP contribution in [0.25, 0.3) is 0 Å². The van der Waals surface area contributed by atoms with Crippen molar-refractivity contribution >= 4 is 0 Å². The predicted molar refractivity (Wildman–Crippen MR) is 83.1 cm³/mol. The van der Waals surface area contributed by atoms with Crippen molar-refractivity contribution in [2.24, 2.45) is 5.84 Å². The second-order valence-electron chi connectivity index (χ2n) is 5.11. The summed E-state index contributed by atoms with van der Waals surface area (Å²) >= 11 is 0. The Labute approximate surface area is 121 Å². The van der Waals surface area contributed by atoms with Crippen LogP contribution in [0, 0.1) is 0 Å². The highest BCUT2D eigenvalue weighted by molar-refractivity contribution is 5.26. The van der Waals surface area contributed by atoms with Crippen molar-refractivity contribution in [3.8, 4) is 0 Å². The number of rotatable bonds is 7. The summed E-state index contributed by atoms with van der Waals surface area (Å²) in [5, 5.41) is 0. The second kappa shape index (κ2) is 7.78. The van der Waals surface area contributed by atoms with Crippen LogP contribution in [0.3, 0.4) is 0 Å². The fraction of sp³-hybridized carbons (Fsp3) is 0.353. The summed E-state index contributed by atoms with van der Waals surface area (Å²) in [6.07, 6.45) is 7.95. The lowest BCUT2D eigenvalue weighted by atomic mass is 9.97. The molecule has 0 radical (unpaired) electrons. The quantitative estimate of drug-likeness (QED) is 0.599. The number of pyridine rings is 1. The number of hydrogen-bond acceptors (Lipinski definition) is 3. The molecule has 2 rings (SSSR count). The van der Waals surface area contributed by atoms with Crippen molar-refractivity contribution in [1.29, 1.82) is 0 Å². The fourth-order valence-corrected chi connectivity index (χ4v) is 2.46. The van der Waals surface area contributed by atoms with Crippen LogP contribution in [-0.4, -0.2) is 4.98 Å². The van der Waals surface area contributed by atoms with E-state index in [2.05, 4.69) is 47.7 Å². The smallest absolute Gasteiger partial charge is 0.0463 e. The summed E-state index contributed by atoms with van der Waals surface area (Å²) in [7, 11) is 0. The van der Waals surface area contributed by atoms with E-state index in [0.29, 0.717) is 0 Å². The van der Waals surface area contributed by atoms with Gasteiger partial charge < -0.3 is 0 Å². The Morgan fingerprint density at radius 2 is 2.00 bits per heavy atom. The van der Waals surface area contributed by atoms with E-state index in [-0.39, 0.29) is 6.04 Å². The minimum Gasteiger partial charge on any atom is -0.271 e. The van der Waals surface area contributed by atoms with E-state index in [9.17, 15) is 0 Å². The van der Waals surface area contributed by atoms with Crippen molar-refractivity contribution < 1.29 is 0 Å². The maximum atomic E-state index is 5.73. The van der Waals surface area contributed by atoms with Crippen LogP contribution in [0.1, 0.15) is 42.5 Å². The average Bonchev–Trinajstić information content (AvgIpc) is 2.50. The zero-order chi connectivity index (χ0) is 14.2. The second-order valence-corrected chi connectivity index (χ2v) is 5.11.